The van der Waals surface area contributed by atoms with Crippen LogP contribution in [0.1, 0.15) is 37.2 Å². The summed E-state index contributed by atoms with van der Waals surface area (Å²) < 4.78 is 1.21. The average Bonchev–Trinajstić information content (AvgIpc) is 3.22. The highest BCUT2D eigenvalue weighted by atomic mass is 32.2. The molecule has 0 saturated carbocycles. The van der Waals surface area contributed by atoms with E-state index in [2.05, 4.69) is 16.0 Å². The van der Waals surface area contributed by atoms with Crippen LogP contribution in [0.5, 0.6) is 0 Å². The first kappa shape index (κ1) is 19.4. The molecule has 3 heterocycles. The molecule has 0 radical (unpaired) electrons. The lowest BCUT2D eigenvalue weighted by atomic mass is 10.1. The second kappa shape index (κ2) is 7.18. The van der Waals surface area contributed by atoms with Crippen molar-refractivity contribution in [3.63, 3.8) is 0 Å². The summed E-state index contributed by atoms with van der Waals surface area (Å²) in [7, 11) is 0. The molecular formula is C19H21N5O4S. The van der Waals surface area contributed by atoms with Gasteiger partial charge in [-0.15, -0.1) is 11.8 Å². The number of carbonyl (C=O) groups is 3. The second-order valence-corrected chi connectivity index (χ2v) is 8.73. The number of aromatic nitrogens is 2. The number of thioether (sulfide) groups is 1. The van der Waals surface area contributed by atoms with Crippen LogP contribution < -0.4 is 16.4 Å². The van der Waals surface area contributed by atoms with Crippen LogP contribution >= 0.6 is 11.8 Å². The topological polar surface area (TPSA) is 113 Å². The number of carbonyl (C=O) groups excluding carboxylic acids is 3. The molecule has 10 heteroatoms. The summed E-state index contributed by atoms with van der Waals surface area (Å²) in [5, 5.41) is 4.93. The zero-order chi connectivity index (χ0) is 20.8. The van der Waals surface area contributed by atoms with E-state index in [9.17, 15) is 19.2 Å². The Bertz CT molecular complexity index is 1080. The summed E-state index contributed by atoms with van der Waals surface area (Å²) in [4.78, 5) is 51.2. The number of hydrazine groups is 1. The smallest absolute Gasteiger partial charge is 0.290 e. The zero-order valence-electron chi connectivity index (χ0n) is 16.1. The van der Waals surface area contributed by atoms with Gasteiger partial charge in [0.15, 0.2) is 5.69 Å². The third-order valence-electron chi connectivity index (χ3n) is 5.43. The van der Waals surface area contributed by atoms with Crippen LogP contribution in [-0.4, -0.2) is 49.1 Å². The van der Waals surface area contributed by atoms with Gasteiger partial charge >= 0.3 is 0 Å². The normalized spacial score (nSPS) is 23.3. The summed E-state index contributed by atoms with van der Waals surface area (Å²) in [6.45, 7) is 4.03. The Hall–Kier alpha value is -2.88. The van der Waals surface area contributed by atoms with Crippen LogP contribution in [0.25, 0.3) is 10.8 Å². The molecule has 2 N–H and O–H groups in total. The van der Waals surface area contributed by atoms with E-state index in [1.54, 1.807) is 47.9 Å². The van der Waals surface area contributed by atoms with Crippen molar-refractivity contribution in [2.24, 2.45) is 0 Å². The number of aryl methyl sites for hydroxylation is 1. The number of fused-ring (bicyclic) bond motifs is 2. The molecule has 2 saturated heterocycles. The highest BCUT2D eigenvalue weighted by Gasteiger charge is 2.52. The van der Waals surface area contributed by atoms with E-state index < -0.39 is 17.9 Å². The van der Waals surface area contributed by atoms with Gasteiger partial charge in [0.05, 0.1) is 10.3 Å². The van der Waals surface area contributed by atoms with E-state index in [0.717, 1.165) is 0 Å². The third kappa shape index (κ3) is 3.17. The van der Waals surface area contributed by atoms with Crippen molar-refractivity contribution in [1.82, 2.24) is 25.5 Å². The number of hydrogen-bond donors (Lipinski definition) is 2. The Morgan fingerprint density at radius 1 is 1.24 bits per heavy atom. The van der Waals surface area contributed by atoms with Gasteiger partial charge in [-0.1, -0.05) is 18.2 Å². The average molecular weight is 415 g/mol. The molecule has 1 aromatic heterocycles. The molecule has 2 aliphatic heterocycles. The van der Waals surface area contributed by atoms with E-state index in [1.807, 2.05) is 6.92 Å². The monoisotopic (exact) mass is 415 g/mol. The molecule has 0 aliphatic carbocycles. The predicted octanol–water partition coefficient (Wildman–Crippen LogP) is 0.631. The van der Waals surface area contributed by atoms with Gasteiger partial charge in [0.1, 0.15) is 6.04 Å². The molecule has 2 fully saturated rings. The van der Waals surface area contributed by atoms with E-state index >= 15 is 0 Å². The van der Waals surface area contributed by atoms with Crippen molar-refractivity contribution in [2.75, 3.05) is 5.75 Å². The fraction of sp³-hybridized carbons (Fsp3) is 0.421. The summed E-state index contributed by atoms with van der Waals surface area (Å²) in [6, 6.07) is 6.08. The Balaban J connectivity index is 1.54. The molecule has 1 aromatic carbocycles. The van der Waals surface area contributed by atoms with Crippen molar-refractivity contribution in [3.8, 4) is 0 Å². The van der Waals surface area contributed by atoms with E-state index in [4.69, 9.17) is 0 Å². The number of amides is 3. The van der Waals surface area contributed by atoms with Crippen molar-refractivity contribution >= 4 is 40.3 Å². The standard InChI is InChI=1S/C19H21N5O4S/c1-3-23-18(28)12-7-5-4-6-11(12)15(22-23)17(27)21-20-16(26)13-10-29-19(2)9-8-14(25)24(13)19/h4-7,13H,3,8-10H2,1-2H3,(H,20,26)(H,21,27)/t13-,19+/m0/s1. The molecular weight excluding hydrogens is 394 g/mol. The molecule has 2 atom stereocenters. The number of nitrogens with one attached hydrogen (secondary N) is 2. The number of nitrogens with zero attached hydrogens (tertiary/aromatic N) is 3. The molecule has 0 unspecified atom stereocenters. The molecule has 152 valence electrons. The first-order chi connectivity index (χ1) is 13.9. The molecule has 0 bridgehead atoms. The van der Waals surface area contributed by atoms with Gasteiger partial charge < -0.3 is 4.90 Å². The maximum absolute atomic E-state index is 12.7. The lowest BCUT2D eigenvalue weighted by Crippen LogP contribution is -2.54. The molecule has 2 aliphatic rings. The fourth-order valence-corrected chi connectivity index (χ4v) is 5.32. The van der Waals surface area contributed by atoms with E-state index in [0.29, 0.717) is 35.9 Å². The van der Waals surface area contributed by atoms with Crippen molar-refractivity contribution in [2.45, 2.75) is 44.1 Å². The lowest BCUT2D eigenvalue weighted by Gasteiger charge is -2.29. The highest BCUT2D eigenvalue weighted by molar-refractivity contribution is 8.01. The largest absolute Gasteiger partial charge is 0.315 e. The molecule has 3 amide bonds. The Morgan fingerprint density at radius 3 is 2.69 bits per heavy atom. The van der Waals surface area contributed by atoms with Gasteiger partial charge in [0, 0.05) is 24.1 Å². The third-order valence-corrected chi connectivity index (χ3v) is 6.93. The minimum absolute atomic E-state index is 0.0465. The number of benzene rings is 1. The van der Waals surface area contributed by atoms with Gasteiger partial charge in [0.25, 0.3) is 17.4 Å². The Kier molecular flexibility index (Phi) is 4.81. The minimum atomic E-state index is -0.630. The first-order valence-electron chi connectivity index (χ1n) is 9.42. The van der Waals surface area contributed by atoms with Crippen molar-refractivity contribution in [1.29, 1.82) is 0 Å². The van der Waals surface area contributed by atoms with Crippen LogP contribution in [0.15, 0.2) is 29.1 Å². The second-order valence-electron chi connectivity index (χ2n) is 7.22. The lowest BCUT2D eigenvalue weighted by molar-refractivity contribution is -0.138. The Labute approximate surface area is 170 Å². The first-order valence-corrected chi connectivity index (χ1v) is 10.4. The zero-order valence-corrected chi connectivity index (χ0v) is 16.9. The highest BCUT2D eigenvalue weighted by Crippen LogP contribution is 2.47. The summed E-state index contributed by atoms with van der Waals surface area (Å²) in [5.41, 5.74) is 4.57. The fourth-order valence-electron chi connectivity index (χ4n) is 3.89. The maximum Gasteiger partial charge on any atom is 0.290 e. The van der Waals surface area contributed by atoms with Gasteiger partial charge in [-0.3, -0.25) is 30.0 Å². The molecule has 4 rings (SSSR count). The van der Waals surface area contributed by atoms with Gasteiger partial charge in [0.2, 0.25) is 5.91 Å². The SMILES string of the molecule is CCn1nc(C(=O)NNC(=O)[C@@H]2CS[C@]3(C)CCC(=O)N23)c2ccccc2c1=O. The van der Waals surface area contributed by atoms with E-state index in [-0.39, 0.29) is 22.0 Å². The molecule has 9 nitrogen and oxygen atoms in total. The Morgan fingerprint density at radius 2 is 1.97 bits per heavy atom. The predicted molar refractivity (Wildman–Crippen MR) is 108 cm³/mol. The van der Waals surface area contributed by atoms with Gasteiger partial charge in [-0.25, -0.2) is 4.68 Å². The molecule has 0 spiro atoms. The number of rotatable bonds is 3. The van der Waals surface area contributed by atoms with Crippen LogP contribution in [0.3, 0.4) is 0 Å². The maximum atomic E-state index is 12.7. The summed E-state index contributed by atoms with van der Waals surface area (Å²) in [6.07, 6.45) is 1.13. The molecule has 29 heavy (non-hydrogen) atoms. The van der Waals surface area contributed by atoms with Crippen LogP contribution in [0, 0.1) is 0 Å². The minimum Gasteiger partial charge on any atom is -0.315 e. The summed E-state index contributed by atoms with van der Waals surface area (Å²) in [5.74, 6) is -0.645. The van der Waals surface area contributed by atoms with Crippen LogP contribution in [-0.2, 0) is 16.1 Å². The summed E-state index contributed by atoms with van der Waals surface area (Å²) >= 11 is 1.58. The number of hydrogen-bond acceptors (Lipinski definition) is 6. The van der Waals surface area contributed by atoms with Gasteiger partial charge in [-0.05, 0) is 26.3 Å². The van der Waals surface area contributed by atoms with Crippen LogP contribution in [0.4, 0.5) is 0 Å². The van der Waals surface area contributed by atoms with E-state index in [1.165, 1.54) is 4.68 Å². The van der Waals surface area contributed by atoms with Crippen molar-refractivity contribution in [3.05, 3.63) is 40.3 Å². The van der Waals surface area contributed by atoms with Gasteiger partial charge in [-0.2, -0.15) is 5.10 Å². The van der Waals surface area contributed by atoms with Crippen molar-refractivity contribution < 1.29 is 14.4 Å². The molecule has 2 aromatic rings. The quantitative estimate of drug-likeness (QED) is 0.711. The van der Waals surface area contributed by atoms with Crippen LogP contribution in [0.2, 0.25) is 0 Å².